The number of halogens is 3. The zero-order valence-electron chi connectivity index (χ0n) is 10.7. The molecule has 6 nitrogen and oxygen atoms in total. The Kier molecular flexibility index (Phi) is 3.41. The first kappa shape index (κ1) is 15.9. The van der Waals surface area contributed by atoms with E-state index in [4.69, 9.17) is 11.5 Å². The van der Waals surface area contributed by atoms with Crippen LogP contribution < -0.4 is 16.8 Å². The quantitative estimate of drug-likeness (QED) is 0.763. The molecule has 1 aromatic rings. The predicted molar refractivity (Wildman–Crippen MR) is 72.0 cm³/mol. The summed E-state index contributed by atoms with van der Waals surface area (Å²) >= 11 is 0.514. The number of nitrogens with two attached hydrogens (primary N) is 2. The van der Waals surface area contributed by atoms with Crippen LogP contribution in [0.3, 0.4) is 0 Å². The number of nitrogens with one attached hydrogen (secondary N) is 1. The fraction of sp³-hybridized carbons (Fsp3) is 0.500. The van der Waals surface area contributed by atoms with Crippen molar-refractivity contribution < 1.29 is 26.4 Å². The van der Waals surface area contributed by atoms with Crippen LogP contribution in [0.15, 0.2) is 4.90 Å². The molecule has 21 heavy (non-hydrogen) atoms. The smallest absolute Gasteiger partial charge is 0.396 e. The van der Waals surface area contributed by atoms with Gasteiger partial charge in [-0.25, -0.2) is 8.42 Å². The zero-order valence-corrected chi connectivity index (χ0v) is 12.4. The van der Waals surface area contributed by atoms with E-state index in [0.717, 1.165) is 6.26 Å². The molecule has 0 atom stereocenters. The maximum atomic E-state index is 12.9. The van der Waals surface area contributed by atoms with Gasteiger partial charge >= 0.3 is 6.18 Å². The largest absolute Gasteiger partial charge is 0.411 e. The van der Waals surface area contributed by atoms with E-state index in [9.17, 15) is 26.4 Å². The first-order chi connectivity index (χ1) is 9.39. The standard InChI is InChI=1S/C10H12F3N3O3S2/c1-21(18,19)6-4(14)5(7(15)17)20-8(6)16-9(2-3-9)10(11,12)13/h16H,2-3,14H2,1H3,(H2,15,17). The number of hydrogen-bond acceptors (Lipinski definition) is 6. The van der Waals surface area contributed by atoms with Crippen molar-refractivity contribution in [1.82, 2.24) is 0 Å². The molecule has 11 heteroatoms. The van der Waals surface area contributed by atoms with Gasteiger partial charge in [-0.3, -0.25) is 4.79 Å². The third-order valence-corrected chi connectivity index (χ3v) is 5.57. The van der Waals surface area contributed by atoms with Crippen molar-refractivity contribution in [2.24, 2.45) is 5.73 Å². The molecule has 0 radical (unpaired) electrons. The molecule has 1 heterocycles. The Balaban J connectivity index is 2.55. The Morgan fingerprint density at radius 1 is 1.38 bits per heavy atom. The summed E-state index contributed by atoms with van der Waals surface area (Å²) in [6.45, 7) is 0. The third kappa shape index (κ3) is 2.67. The van der Waals surface area contributed by atoms with Gasteiger partial charge in [-0.2, -0.15) is 13.2 Å². The van der Waals surface area contributed by atoms with E-state index >= 15 is 0 Å². The number of hydrogen-bond donors (Lipinski definition) is 3. The van der Waals surface area contributed by atoms with Crippen LogP contribution in [0.25, 0.3) is 0 Å². The van der Waals surface area contributed by atoms with Gasteiger partial charge in [0.2, 0.25) is 0 Å². The van der Waals surface area contributed by atoms with Gasteiger partial charge in [-0.1, -0.05) is 0 Å². The lowest BCUT2D eigenvalue weighted by atomic mass is 10.2. The van der Waals surface area contributed by atoms with Crippen molar-refractivity contribution >= 4 is 37.8 Å². The molecule has 2 rings (SSSR count). The Labute approximate surface area is 122 Å². The second-order valence-electron chi connectivity index (χ2n) is 4.84. The van der Waals surface area contributed by atoms with E-state index in [2.05, 4.69) is 5.32 Å². The number of nitrogen functional groups attached to an aromatic ring is 1. The maximum Gasteiger partial charge on any atom is 0.411 e. The zero-order chi connectivity index (χ0) is 16.2. The van der Waals surface area contributed by atoms with Gasteiger partial charge in [0.1, 0.15) is 20.3 Å². The first-order valence-electron chi connectivity index (χ1n) is 5.66. The monoisotopic (exact) mass is 343 g/mol. The van der Waals surface area contributed by atoms with Gasteiger partial charge in [0.05, 0.1) is 5.69 Å². The lowest BCUT2D eigenvalue weighted by Gasteiger charge is -2.21. The maximum absolute atomic E-state index is 12.9. The molecule has 0 saturated heterocycles. The predicted octanol–water partition coefficient (Wildman–Crippen LogP) is 1.34. The van der Waals surface area contributed by atoms with Crippen LogP contribution in [0.5, 0.6) is 0 Å². The van der Waals surface area contributed by atoms with Crippen LogP contribution >= 0.6 is 11.3 Å². The highest BCUT2D eigenvalue weighted by Gasteiger charge is 2.64. The number of alkyl halides is 3. The number of rotatable bonds is 4. The van der Waals surface area contributed by atoms with Crippen LogP contribution in [0.2, 0.25) is 0 Å². The van der Waals surface area contributed by atoms with Crippen LogP contribution in [0.4, 0.5) is 23.9 Å². The molecule has 5 N–H and O–H groups in total. The summed E-state index contributed by atoms with van der Waals surface area (Å²) in [5.74, 6) is -0.993. The highest BCUT2D eigenvalue weighted by atomic mass is 32.2. The van der Waals surface area contributed by atoms with Gasteiger partial charge in [-0.15, -0.1) is 11.3 Å². The number of carbonyl (C=O) groups is 1. The molecule has 118 valence electrons. The Hall–Kier alpha value is -1.49. The minimum Gasteiger partial charge on any atom is -0.396 e. The minimum atomic E-state index is -4.53. The molecule has 0 aromatic carbocycles. The first-order valence-corrected chi connectivity index (χ1v) is 8.37. The molecule has 1 saturated carbocycles. The molecule has 0 unspecified atom stereocenters. The van der Waals surface area contributed by atoms with E-state index in [0.29, 0.717) is 11.3 Å². The molecule has 1 amide bonds. The van der Waals surface area contributed by atoms with Crippen LogP contribution in [-0.2, 0) is 9.84 Å². The van der Waals surface area contributed by atoms with E-state index in [1.54, 1.807) is 0 Å². The summed E-state index contributed by atoms with van der Waals surface area (Å²) in [5.41, 5.74) is 8.01. The van der Waals surface area contributed by atoms with Gasteiger partial charge < -0.3 is 16.8 Å². The Morgan fingerprint density at radius 3 is 2.24 bits per heavy atom. The fourth-order valence-corrected chi connectivity index (χ4v) is 4.38. The molecular weight excluding hydrogens is 331 g/mol. The number of carbonyl (C=O) groups excluding carboxylic acids is 1. The van der Waals surface area contributed by atoms with E-state index in [1.165, 1.54) is 0 Å². The number of thiophene rings is 1. The average molecular weight is 343 g/mol. The van der Waals surface area contributed by atoms with Crippen molar-refractivity contribution in [3.05, 3.63) is 4.88 Å². The van der Waals surface area contributed by atoms with Gasteiger partial charge in [0.15, 0.2) is 9.84 Å². The molecule has 0 bridgehead atoms. The van der Waals surface area contributed by atoms with Gasteiger partial charge in [0, 0.05) is 6.26 Å². The molecule has 1 fully saturated rings. The second-order valence-corrected chi connectivity index (χ2v) is 7.82. The highest BCUT2D eigenvalue weighted by molar-refractivity contribution is 7.91. The summed E-state index contributed by atoms with van der Waals surface area (Å²) < 4.78 is 62.3. The number of primary amides is 1. The molecule has 0 spiro atoms. The highest BCUT2D eigenvalue weighted by Crippen LogP contribution is 2.53. The van der Waals surface area contributed by atoms with Crippen molar-refractivity contribution in [2.45, 2.75) is 29.5 Å². The lowest BCUT2D eigenvalue weighted by Crippen LogP contribution is -2.38. The SMILES string of the molecule is CS(=O)(=O)c1c(NC2(C(F)(F)F)CC2)sc(C(N)=O)c1N. The molecule has 0 aliphatic heterocycles. The van der Waals surface area contributed by atoms with Gasteiger partial charge in [-0.05, 0) is 12.8 Å². The summed E-state index contributed by atoms with van der Waals surface area (Å²) in [5, 5.41) is 1.88. The number of anilines is 2. The minimum absolute atomic E-state index is 0.177. The molecule has 1 aliphatic carbocycles. The van der Waals surface area contributed by atoms with Crippen molar-refractivity contribution in [2.75, 3.05) is 17.3 Å². The van der Waals surface area contributed by atoms with E-state index in [1.807, 2.05) is 0 Å². The fourth-order valence-electron chi connectivity index (χ4n) is 1.88. The summed E-state index contributed by atoms with van der Waals surface area (Å²) in [6.07, 6.45) is -4.09. The van der Waals surface area contributed by atoms with E-state index < -0.39 is 38.0 Å². The average Bonchev–Trinajstić information content (AvgIpc) is 2.95. The Morgan fingerprint density at radius 2 is 1.90 bits per heavy atom. The van der Waals surface area contributed by atoms with E-state index in [-0.39, 0.29) is 22.7 Å². The number of amides is 1. The lowest BCUT2D eigenvalue weighted by molar-refractivity contribution is -0.151. The summed E-state index contributed by atoms with van der Waals surface area (Å²) in [6, 6.07) is 0. The van der Waals surface area contributed by atoms with Crippen LogP contribution in [-0.4, -0.2) is 32.3 Å². The summed E-state index contributed by atoms with van der Waals surface area (Å²) in [7, 11) is -3.92. The Bertz CT molecular complexity index is 705. The molecular formula is C10H12F3N3O3S2. The molecule has 1 aromatic heterocycles. The van der Waals surface area contributed by atoms with Crippen molar-refractivity contribution in [1.29, 1.82) is 0 Å². The normalized spacial score (nSPS) is 17.5. The number of sulfone groups is 1. The molecule has 1 aliphatic rings. The second kappa shape index (κ2) is 4.50. The van der Waals surface area contributed by atoms with Crippen LogP contribution in [0.1, 0.15) is 22.5 Å². The van der Waals surface area contributed by atoms with Crippen molar-refractivity contribution in [3.63, 3.8) is 0 Å². The van der Waals surface area contributed by atoms with Gasteiger partial charge in [0.25, 0.3) is 5.91 Å². The summed E-state index contributed by atoms with van der Waals surface area (Å²) in [4.78, 5) is 10.4. The third-order valence-electron chi connectivity index (χ3n) is 3.14. The van der Waals surface area contributed by atoms with Crippen molar-refractivity contribution in [3.8, 4) is 0 Å². The topological polar surface area (TPSA) is 115 Å². The van der Waals surface area contributed by atoms with Crippen LogP contribution in [0, 0.1) is 0 Å².